The summed E-state index contributed by atoms with van der Waals surface area (Å²) in [5.41, 5.74) is 6.92. The predicted octanol–water partition coefficient (Wildman–Crippen LogP) is 3.06. The number of carbonyl (C=O) groups excluding carboxylic acids is 1. The molecule has 25 heavy (non-hydrogen) atoms. The summed E-state index contributed by atoms with van der Waals surface area (Å²) in [4.78, 5) is 21.1. The van der Waals surface area contributed by atoms with E-state index in [0.717, 1.165) is 28.5 Å². The molecule has 2 N–H and O–H groups in total. The van der Waals surface area contributed by atoms with Crippen LogP contribution in [0.3, 0.4) is 0 Å². The van der Waals surface area contributed by atoms with Gasteiger partial charge in [0.2, 0.25) is 5.95 Å². The van der Waals surface area contributed by atoms with Gasteiger partial charge in [-0.05, 0) is 25.1 Å². The molecule has 0 atom stereocenters. The minimum Gasteiger partial charge on any atom is -0.381 e. The molecule has 6 nitrogen and oxygen atoms in total. The molecule has 1 aliphatic rings. The number of benzene rings is 1. The molecule has 0 amide bonds. The lowest BCUT2D eigenvalue weighted by Gasteiger charge is -2.35. The van der Waals surface area contributed by atoms with Gasteiger partial charge in [-0.3, -0.25) is 4.79 Å². The smallest absolute Gasteiger partial charge is 0.221 e. The number of nitrogen functional groups attached to an aromatic ring is 1. The molecule has 3 rings (SSSR count). The van der Waals surface area contributed by atoms with E-state index in [-0.39, 0.29) is 11.7 Å². The van der Waals surface area contributed by atoms with E-state index in [0.29, 0.717) is 18.8 Å². The minimum absolute atomic E-state index is 0.0478. The molecule has 2 heterocycles. The van der Waals surface area contributed by atoms with Crippen molar-refractivity contribution in [3.63, 3.8) is 0 Å². The summed E-state index contributed by atoms with van der Waals surface area (Å²) in [6.45, 7) is 2.82. The molecule has 1 fully saturated rings. The zero-order valence-electron chi connectivity index (χ0n) is 14.3. The Kier molecular flexibility index (Phi) is 5.36. The first kappa shape index (κ1) is 17.8. The van der Waals surface area contributed by atoms with E-state index < -0.39 is 5.60 Å². The third-order valence-electron chi connectivity index (χ3n) is 4.36. The highest BCUT2D eigenvalue weighted by molar-refractivity contribution is 7.99. The van der Waals surface area contributed by atoms with Gasteiger partial charge in [-0.1, -0.05) is 23.9 Å². The van der Waals surface area contributed by atoms with Crippen molar-refractivity contribution in [2.45, 2.75) is 35.3 Å². The number of nitrogens with zero attached hydrogens (tertiary/aromatic N) is 2. The number of ketones is 1. The number of aromatic nitrogens is 2. The largest absolute Gasteiger partial charge is 0.381 e. The van der Waals surface area contributed by atoms with Crippen LogP contribution in [0.25, 0.3) is 0 Å². The number of rotatable bonds is 5. The number of ether oxygens (including phenoxy) is 2. The summed E-state index contributed by atoms with van der Waals surface area (Å²) in [5, 5.41) is 0.751. The van der Waals surface area contributed by atoms with Gasteiger partial charge in [-0.25, -0.2) is 9.97 Å². The highest BCUT2D eigenvalue weighted by Crippen LogP contribution is 2.37. The lowest BCUT2D eigenvalue weighted by Crippen LogP contribution is -2.36. The molecule has 0 spiro atoms. The second-order valence-electron chi connectivity index (χ2n) is 5.94. The second kappa shape index (κ2) is 7.51. The fourth-order valence-electron chi connectivity index (χ4n) is 2.87. The Morgan fingerprint density at radius 2 is 1.92 bits per heavy atom. The third-order valence-corrected chi connectivity index (χ3v) is 5.29. The fourth-order valence-corrected chi connectivity index (χ4v) is 3.70. The summed E-state index contributed by atoms with van der Waals surface area (Å²) in [7, 11) is 1.69. The number of anilines is 1. The van der Waals surface area contributed by atoms with E-state index in [1.165, 1.54) is 11.8 Å². The highest BCUT2D eigenvalue weighted by atomic mass is 32.2. The highest BCUT2D eigenvalue weighted by Gasteiger charge is 2.36. The van der Waals surface area contributed by atoms with Gasteiger partial charge in [0.05, 0.1) is 5.69 Å². The van der Waals surface area contributed by atoms with Crippen LogP contribution in [-0.2, 0) is 15.1 Å². The van der Waals surface area contributed by atoms with Gasteiger partial charge in [-0.2, -0.15) is 0 Å². The number of hydrogen-bond donors (Lipinski definition) is 1. The van der Waals surface area contributed by atoms with Crippen LogP contribution in [0.4, 0.5) is 5.95 Å². The van der Waals surface area contributed by atoms with Crippen molar-refractivity contribution in [2.75, 3.05) is 26.1 Å². The maximum Gasteiger partial charge on any atom is 0.221 e. The molecule has 0 bridgehead atoms. The molecular formula is C18H21N3O3S. The van der Waals surface area contributed by atoms with E-state index >= 15 is 0 Å². The first-order valence-corrected chi connectivity index (χ1v) is 8.91. The number of methoxy groups -OCH3 is 1. The van der Waals surface area contributed by atoms with Crippen molar-refractivity contribution in [3.8, 4) is 0 Å². The van der Waals surface area contributed by atoms with Crippen LogP contribution >= 0.6 is 11.8 Å². The standard InChI is InChI=1S/C18H21N3O3S/c1-12(22)13-3-5-14(6-4-13)25-16-11-15(20-17(19)21-16)18(23-2)7-9-24-10-8-18/h3-6,11H,7-10H2,1-2H3,(H2,19,20,21). The van der Waals surface area contributed by atoms with Crippen LogP contribution in [-0.4, -0.2) is 36.1 Å². The van der Waals surface area contributed by atoms with Crippen molar-refractivity contribution >= 4 is 23.5 Å². The Balaban J connectivity index is 1.87. The molecule has 7 heteroatoms. The second-order valence-corrected chi connectivity index (χ2v) is 7.04. The zero-order chi connectivity index (χ0) is 17.9. The molecule has 0 aliphatic carbocycles. The van der Waals surface area contributed by atoms with E-state index in [1.54, 1.807) is 14.0 Å². The van der Waals surface area contributed by atoms with Crippen LogP contribution in [0, 0.1) is 0 Å². The van der Waals surface area contributed by atoms with Crippen LogP contribution in [0.15, 0.2) is 40.3 Å². The molecule has 1 saturated heterocycles. The molecule has 1 aromatic carbocycles. The zero-order valence-corrected chi connectivity index (χ0v) is 15.1. The lowest BCUT2D eigenvalue weighted by molar-refractivity contribution is -0.0974. The number of hydrogen-bond acceptors (Lipinski definition) is 7. The van der Waals surface area contributed by atoms with E-state index in [2.05, 4.69) is 9.97 Å². The lowest BCUT2D eigenvalue weighted by atomic mass is 9.90. The average Bonchev–Trinajstić information content (AvgIpc) is 2.62. The van der Waals surface area contributed by atoms with Crippen molar-refractivity contribution < 1.29 is 14.3 Å². The van der Waals surface area contributed by atoms with E-state index in [1.807, 2.05) is 30.3 Å². The molecule has 0 saturated carbocycles. The maximum atomic E-state index is 11.4. The Hall–Kier alpha value is -1.96. The molecular weight excluding hydrogens is 338 g/mol. The normalized spacial score (nSPS) is 16.6. The van der Waals surface area contributed by atoms with Crippen LogP contribution in [0.2, 0.25) is 0 Å². The Morgan fingerprint density at radius 3 is 2.52 bits per heavy atom. The summed E-state index contributed by atoms with van der Waals surface area (Å²) in [6.07, 6.45) is 1.47. The molecule has 2 aromatic rings. The van der Waals surface area contributed by atoms with Gasteiger partial charge in [0.1, 0.15) is 10.6 Å². The van der Waals surface area contributed by atoms with Gasteiger partial charge >= 0.3 is 0 Å². The summed E-state index contributed by atoms with van der Waals surface area (Å²) in [6, 6.07) is 9.35. The van der Waals surface area contributed by atoms with Crippen molar-refractivity contribution in [3.05, 3.63) is 41.6 Å². The van der Waals surface area contributed by atoms with Crippen LogP contribution in [0.5, 0.6) is 0 Å². The van der Waals surface area contributed by atoms with Crippen molar-refractivity contribution in [1.82, 2.24) is 9.97 Å². The summed E-state index contributed by atoms with van der Waals surface area (Å²) in [5.74, 6) is 0.273. The van der Waals surface area contributed by atoms with Gasteiger partial charge in [-0.15, -0.1) is 0 Å². The number of nitrogens with two attached hydrogens (primary N) is 1. The Bertz CT molecular complexity index is 759. The summed E-state index contributed by atoms with van der Waals surface area (Å²) < 4.78 is 11.2. The van der Waals surface area contributed by atoms with E-state index in [4.69, 9.17) is 15.2 Å². The molecule has 0 radical (unpaired) electrons. The van der Waals surface area contributed by atoms with Gasteiger partial charge in [0.25, 0.3) is 0 Å². The monoisotopic (exact) mass is 359 g/mol. The Labute approximate surface area is 151 Å². The average molecular weight is 359 g/mol. The van der Waals surface area contributed by atoms with Crippen LogP contribution in [0.1, 0.15) is 35.8 Å². The number of carbonyl (C=O) groups is 1. The maximum absolute atomic E-state index is 11.4. The molecule has 1 aromatic heterocycles. The Morgan fingerprint density at radius 1 is 1.24 bits per heavy atom. The topological polar surface area (TPSA) is 87.3 Å². The van der Waals surface area contributed by atoms with Gasteiger partial charge in [0, 0.05) is 43.6 Å². The molecule has 1 aliphatic heterocycles. The minimum atomic E-state index is -0.483. The molecule has 132 valence electrons. The van der Waals surface area contributed by atoms with Gasteiger partial charge < -0.3 is 15.2 Å². The van der Waals surface area contributed by atoms with Crippen LogP contribution < -0.4 is 5.73 Å². The fraction of sp³-hybridized carbons (Fsp3) is 0.389. The van der Waals surface area contributed by atoms with Crippen molar-refractivity contribution in [1.29, 1.82) is 0 Å². The third kappa shape index (κ3) is 4.00. The predicted molar refractivity (Wildman–Crippen MR) is 95.8 cm³/mol. The molecule has 0 unspecified atom stereocenters. The first-order chi connectivity index (χ1) is 12.0. The first-order valence-electron chi connectivity index (χ1n) is 8.09. The summed E-state index contributed by atoms with van der Waals surface area (Å²) >= 11 is 1.48. The SMILES string of the molecule is COC1(c2cc(Sc3ccc(C(C)=O)cc3)nc(N)n2)CCOCC1. The van der Waals surface area contributed by atoms with Crippen molar-refractivity contribution in [2.24, 2.45) is 0 Å². The number of Topliss-reactive ketones (excluding diaryl/α,β-unsaturated/α-hetero) is 1. The van der Waals surface area contributed by atoms with E-state index in [9.17, 15) is 4.79 Å². The quantitative estimate of drug-likeness (QED) is 0.648. The van der Waals surface area contributed by atoms with Gasteiger partial charge in [0.15, 0.2) is 5.78 Å².